The van der Waals surface area contributed by atoms with E-state index in [4.69, 9.17) is 14.2 Å². The van der Waals surface area contributed by atoms with Gasteiger partial charge >= 0.3 is 0 Å². The van der Waals surface area contributed by atoms with Crippen LogP contribution >= 0.6 is 0 Å². The highest BCUT2D eigenvalue weighted by molar-refractivity contribution is 7.92. The predicted octanol–water partition coefficient (Wildman–Crippen LogP) is 3.04. The molecule has 0 aromatic heterocycles. The Labute approximate surface area is 176 Å². The normalized spacial score (nSPS) is 12.9. The van der Waals surface area contributed by atoms with Crippen molar-refractivity contribution < 1.29 is 27.4 Å². The van der Waals surface area contributed by atoms with Gasteiger partial charge in [0.2, 0.25) is 15.9 Å². The summed E-state index contributed by atoms with van der Waals surface area (Å²) in [5.41, 5.74) is 1.14. The third-order valence-electron chi connectivity index (χ3n) is 4.43. The molecular formula is C21H26N2O6S. The Morgan fingerprint density at radius 1 is 1.10 bits per heavy atom. The summed E-state index contributed by atoms with van der Waals surface area (Å²) in [6, 6.07) is 12.1. The number of fused-ring (bicyclic) bond motifs is 1. The van der Waals surface area contributed by atoms with E-state index >= 15 is 0 Å². The van der Waals surface area contributed by atoms with E-state index in [2.05, 4.69) is 5.32 Å². The maximum absolute atomic E-state index is 12.3. The molecule has 0 bridgehead atoms. The number of rotatable bonds is 9. The van der Waals surface area contributed by atoms with Crippen LogP contribution in [0.15, 0.2) is 42.5 Å². The summed E-state index contributed by atoms with van der Waals surface area (Å²) < 4.78 is 42.3. The Morgan fingerprint density at radius 2 is 1.80 bits per heavy atom. The van der Waals surface area contributed by atoms with Crippen molar-refractivity contribution in [3.05, 3.63) is 42.5 Å². The van der Waals surface area contributed by atoms with Gasteiger partial charge in [0, 0.05) is 24.7 Å². The van der Waals surface area contributed by atoms with E-state index in [0.717, 1.165) is 12.0 Å². The van der Waals surface area contributed by atoms with Crippen LogP contribution in [0.3, 0.4) is 0 Å². The van der Waals surface area contributed by atoms with Crippen LogP contribution in [0.1, 0.15) is 19.8 Å². The first kappa shape index (κ1) is 21.8. The molecule has 0 spiro atoms. The fourth-order valence-corrected chi connectivity index (χ4v) is 4.04. The molecule has 30 heavy (non-hydrogen) atoms. The van der Waals surface area contributed by atoms with Crippen LogP contribution < -0.4 is 23.8 Å². The van der Waals surface area contributed by atoms with Crippen LogP contribution in [0.4, 0.5) is 11.4 Å². The molecule has 1 amide bonds. The number of hydrogen-bond acceptors (Lipinski definition) is 6. The summed E-state index contributed by atoms with van der Waals surface area (Å²) in [6.07, 6.45) is 1.69. The Balaban J connectivity index is 1.58. The van der Waals surface area contributed by atoms with Crippen molar-refractivity contribution in [2.24, 2.45) is 0 Å². The lowest BCUT2D eigenvalue weighted by molar-refractivity contribution is -0.116. The summed E-state index contributed by atoms with van der Waals surface area (Å²) in [4.78, 5) is 12.2. The topological polar surface area (TPSA) is 94.2 Å². The SMILES string of the molecule is CCOc1ccc(NC(=O)CCCN(c2ccc3c(c2)OCCO3)S(C)(=O)=O)cc1. The molecule has 1 aliphatic heterocycles. The van der Waals surface area contributed by atoms with Crippen LogP contribution in [0.2, 0.25) is 0 Å². The van der Waals surface area contributed by atoms with Gasteiger partial charge in [0.05, 0.1) is 18.6 Å². The first-order chi connectivity index (χ1) is 14.4. The number of benzene rings is 2. The monoisotopic (exact) mass is 434 g/mol. The number of sulfonamides is 1. The lowest BCUT2D eigenvalue weighted by Gasteiger charge is -2.25. The lowest BCUT2D eigenvalue weighted by atomic mass is 10.2. The zero-order valence-electron chi connectivity index (χ0n) is 17.1. The minimum Gasteiger partial charge on any atom is -0.494 e. The smallest absolute Gasteiger partial charge is 0.232 e. The molecular weight excluding hydrogens is 408 g/mol. The van der Waals surface area contributed by atoms with Gasteiger partial charge in [-0.15, -0.1) is 0 Å². The number of nitrogens with one attached hydrogen (secondary N) is 1. The minimum absolute atomic E-state index is 0.176. The predicted molar refractivity (Wildman–Crippen MR) is 115 cm³/mol. The molecule has 1 aliphatic rings. The van der Waals surface area contributed by atoms with Crippen molar-refractivity contribution in [1.82, 2.24) is 0 Å². The van der Waals surface area contributed by atoms with E-state index < -0.39 is 10.0 Å². The highest BCUT2D eigenvalue weighted by Crippen LogP contribution is 2.34. The second-order valence-electron chi connectivity index (χ2n) is 6.77. The van der Waals surface area contributed by atoms with Gasteiger partial charge in [-0.25, -0.2) is 8.42 Å². The van der Waals surface area contributed by atoms with Gasteiger partial charge < -0.3 is 19.5 Å². The van der Waals surface area contributed by atoms with Crippen molar-refractivity contribution in [2.45, 2.75) is 19.8 Å². The fraction of sp³-hybridized carbons (Fsp3) is 0.381. The number of amides is 1. The summed E-state index contributed by atoms with van der Waals surface area (Å²) >= 11 is 0. The van der Waals surface area contributed by atoms with Gasteiger partial charge in [0.15, 0.2) is 11.5 Å². The molecule has 0 saturated heterocycles. The quantitative estimate of drug-likeness (QED) is 0.652. The zero-order valence-corrected chi connectivity index (χ0v) is 17.9. The van der Waals surface area contributed by atoms with E-state index in [-0.39, 0.29) is 18.9 Å². The molecule has 3 rings (SSSR count). The molecule has 2 aromatic carbocycles. The first-order valence-corrected chi connectivity index (χ1v) is 11.6. The maximum Gasteiger partial charge on any atom is 0.232 e. The molecule has 0 atom stereocenters. The number of carbonyl (C=O) groups is 1. The van der Waals surface area contributed by atoms with Crippen LogP contribution in [0.25, 0.3) is 0 Å². The van der Waals surface area contributed by atoms with E-state index in [1.54, 1.807) is 42.5 Å². The largest absolute Gasteiger partial charge is 0.494 e. The van der Waals surface area contributed by atoms with Crippen molar-refractivity contribution in [3.63, 3.8) is 0 Å². The summed E-state index contributed by atoms with van der Waals surface area (Å²) in [6.45, 7) is 3.54. The highest BCUT2D eigenvalue weighted by Gasteiger charge is 2.21. The van der Waals surface area contributed by atoms with Crippen LogP contribution in [-0.4, -0.2) is 46.9 Å². The van der Waals surface area contributed by atoms with Crippen molar-refractivity contribution in [3.8, 4) is 17.2 Å². The molecule has 1 N–H and O–H groups in total. The molecule has 0 aliphatic carbocycles. The molecule has 9 heteroatoms. The number of anilines is 2. The molecule has 0 fully saturated rings. The van der Waals surface area contributed by atoms with E-state index in [0.29, 0.717) is 49.1 Å². The zero-order chi connectivity index (χ0) is 21.6. The molecule has 0 unspecified atom stereocenters. The summed E-state index contributed by atoms with van der Waals surface area (Å²) in [5.74, 6) is 1.65. The van der Waals surface area contributed by atoms with Crippen molar-refractivity contribution in [1.29, 1.82) is 0 Å². The third-order valence-corrected chi connectivity index (χ3v) is 5.62. The second-order valence-corrected chi connectivity index (χ2v) is 8.68. The van der Waals surface area contributed by atoms with Gasteiger partial charge in [-0.2, -0.15) is 0 Å². The van der Waals surface area contributed by atoms with Crippen LogP contribution in [0.5, 0.6) is 17.2 Å². The average Bonchev–Trinajstić information content (AvgIpc) is 2.71. The number of carbonyl (C=O) groups excluding carboxylic acids is 1. The van der Waals surface area contributed by atoms with E-state index in [1.807, 2.05) is 6.92 Å². The van der Waals surface area contributed by atoms with Gasteiger partial charge in [0.25, 0.3) is 0 Å². The molecule has 2 aromatic rings. The molecule has 1 heterocycles. The number of hydrogen-bond donors (Lipinski definition) is 1. The van der Waals surface area contributed by atoms with E-state index in [1.165, 1.54) is 4.31 Å². The Morgan fingerprint density at radius 3 is 2.47 bits per heavy atom. The van der Waals surface area contributed by atoms with Crippen LogP contribution in [0, 0.1) is 0 Å². The first-order valence-electron chi connectivity index (χ1n) is 9.77. The van der Waals surface area contributed by atoms with Crippen molar-refractivity contribution in [2.75, 3.05) is 42.2 Å². The average molecular weight is 435 g/mol. The van der Waals surface area contributed by atoms with Gasteiger partial charge in [-0.05, 0) is 49.7 Å². The van der Waals surface area contributed by atoms with Gasteiger partial charge in [-0.1, -0.05) is 0 Å². The fourth-order valence-electron chi connectivity index (χ4n) is 3.08. The van der Waals surface area contributed by atoms with Gasteiger partial charge in [-0.3, -0.25) is 9.10 Å². The number of nitrogens with zero attached hydrogens (tertiary/aromatic N) is 1. The molecule has 0 radical (unpaired) electrons. The Kier molecular flexibility index (Phi) is 7.04. The molecule has 8 nitrogen and oxygen atoms in total. The van der Waals surface area contributed by atoms with Gasteiger partial charge in [0.1, 0.15) is 19.0 Å². The second kappa shape index (κ2) is 9.71. The summed E-state index contributed by atoms with van der Waals surface area (Å²) in [7, 11) is -3.52. The van der Waals surface area contributed by atoms with E-state index in [9.17, 15) is 13.2 Å². The minimum atomic E-state index is -3.52. The molecule has 0 saturated carbocycles. The highest BCUT2D eigenvalue weighted by atomic mass is 32.2. The molecule has 162 valence electrons. The Bertz CT molecular complexity index is 975. The number of ether oxygens (including phenoxy) is 3. The standard InChI is InChI=1S/C21H26N2O6S/c1-3-27-18-9-6-16(7-10-18)22-21(24)5-4-12-23(30(2,25)26)17-8-11-19-20(15-17)29-14-13-28-19/h6-11,15H,3-5,12-14H2,1-2H3,(H,22,24). The summed E-state index contributed by atoms with van der Waals surface area (Å²) in [5, 5.41) is 2.81. The van der Waals surface area contributed by atoms with Crippen molar-refractivity contribution >= 4 is 27.3 Å². The lowest BCUT2D eigenvalue weighted by Crippen LogP contribution is -2.31. The maximum atomic E-state index is 12.3. The Hall–Kier alpha value is -2.94. The third kappa shape index (κ3) is 5.79. The van der Waals surface area contributed by atoms with Crippen LogP contribution in [-0.2, 0) is 14.8 Å².